The number of nitrogens with one attached hydrogen (secondary N) is 1. The number of hydrogen-bond donors (Lipinski definition) is 1. The summed E-state index contributed by atoms with van der Waals surface area (Å²) in [6, 6.07) is 4.61. The van der Waals surface area contributed by atoms with Crippen LogP contribution in [0.25, 0.3) is 0 Å². The second kappa shape index (κ2) is 5.33. The average Bonchev–Trinajstić information content (AvgIpc) is 2.60. The summed E-state index contributed by atoms with van der Waals surface area (Å²) in [5.41, 5.74) is 0.340. The van der Waals surface area contributed by atoms with Gasteiger partial charge in [0.25, 0.3) is 0 Å². The summed E-state index contributed by atoms with van der Waals surface area (Å²) in [7, 11) is 0. The lowest BCUT2D eigenvalue weighted by Gasteiger charge is -2.28. The second-order valence-electron chi connectivity index (χ2n) is 5.20. The molecule has 1 aromatic rings. The fraction of sp³-hybridized carbons (Fsp3) is 0.714. The lowest BCUT2D eigenvalue weighted by molar-refractivity contribution is 0.348. The van der Waals surface area contributed by atoms with Crippen molar-refractivity contribution in [1.82, 2.24) is 5.32 Å². The van der Waals surface area contributed by atoms with E-state index in [1.54, 1.807) is 4.88 Å². The van der Waals surface area contributed by atoms with E-state index in [0.717, 1.165) is 0 Å². The fourth-order valence-corrected chi connectivity index (χ4v) is 3.68. The topological polar surface area (TPSA) is 12.0 Å². The van der Waals surface area contributed by atoms with Gasteiger partial charge in [0, 0.05) is 15.3 Å². The van der Waals surface area contributed by atoms with Gasteiger partial charge in [-0.25, -0.2) is 0 Å². The maximum atomic E-state index is 3.74. The van der Waals surface area contributed by atoms with Crippen LogP contribution in [-0.2, 0) is 12.8 Å². The van der Waals surface area contributed by atoms with Gasteiger partial charge in [0.2, 0.25) is 0 Å². The van der Waals surface area contributed by atoms with Crippen LogP contribution in [0.3, 0.4) is 0 Å². The van der Waals surface area contributed by atoms with Gasteiger partial charge in [-0.1, -0.05) is 19.8 Å². The van der Waals surface area contributed by atoms with Crippen LogP contribution < -0.4 is 5.32 Å². The molecule has 16 heavy (non-hydrogen) atoms. The van der Waals surface area contributed by atoms with E-state index in [1.165, 1.54) is 49.9 Å². The van der Waals surface area contributed by atoms with E-state index in [4.69, 9.17) is 0 Å². The number of hydrogen-bond acceptors (Lipinski definition) is 2. The Kier molecular flexibility index (Phi) is 4.04. The molecule has 0 aromatic carbocycles. The van der Waals surface area contributed by atoms with E-state index >= 15 is 0 Å². The van der Waals surface area contributed by atoms with Crippen LogP contribution in [0.15, 0.2) is 12.1 Å². The van der Waals surface area contributed by atoms with E-state index in [1.807, 2.05) is 11.3 Å². The third-order valence-corrected chi connectivity index (χ3v) is 4.82. The maximum Gasteiger partial charge on any atom is 0.0201 e. The minimum absolute atomic E-state index is 0.340. The Morgan fingerprint density at radius 1 is 1.25 bits per heavy atom. The average molecular weight is 237 g/mol. The third kappa shape index (κ3) is 3.08. The van der Waals surface area contributed by atoms with Crippen molar-refractivity contribution >= 4 is 11.3 Å². The Bertz CT molecular complexity index is 321. The summed E-state index contributed by atoms with van der Waals surface area (Å²) in [6.07, 6.45) is 7.84. The lowest BCUT2D eigenvalue weighted by atomic mass is 9.91. The zero-order valence-electron chi connectivity index (χ0n) is 10.5. The van der Waals surface area contributed by atoms with E-state index < -0.39 is 0 Å². The van der Waals surface area contributed by atoms with E-state index in [2.05, 4.69) is 31.3 Å². The first-order valence-corrected chi connectivity index (χ1v) is 7.36. The Morgan fingerprint density at radius 2 is 2.06 bits per heavy atom. The zero-order chi connectivity index (χ0) is 11.4. The standard InChI is InChI=1S/C14H23NS/c1-3-12-7-8-13(16-12)11-14(2)9-5-4-6-10-15-14/h7-8,15H,3-6,9-11H2,1-2H3. The molecule has 1 fully saturated rings. The van der Waals surface area contributed by atoms with Crippen molar-refractivity contribution < 1.29 is 0 Å². The number of thiophene rings is 1. The Hall–Kier alpha value is -0.340. The van der Waals surface area contributed by atoms with Crippen LogP contribution >= 0.6 is 11.3 Å². The normalized spacial score (nSPS) is 26.6. The van der Waals surface area contributed by atoms with Gasteiger partial charge >= 0.3 is 0 Å². The van der Waals surface area contributed by atoms with Gasteiger partial charge in [0.05, 0.1) is 0 Å². The van der Waals surface area contributed by atoms with E-state index in [-0.39, 0.29) is 0 Å². The molecule has 1 unspecified atom stereocenters. The summed E-state index contributed by atoms with van der Waals surface area (Å²) in [6.45, 7) is 5.83. The van der Waals surface area contributed by atoms with Gasteiger partial charge in [-0.15, -0.1) is 11.3 Å². The Labute approximate surface area is 103 Å². The summed E-state index contributed by atoms with van der Waals surface area (Å²) in [4.78, 5) is 3.07. The number of rotatable bonds is 3. The van der Waals surface area contributed by atoms with Gasteiger partial charge in [-0.2, -0.15) is 0 Å². The molecule has 90 valence electrons. The first-order chi connectivity index (χ1) is 7.72. The van der Waals surface area contributed by atoms with Gasteiger partial charge in [0.15, 0.2) is 0 Å². The van der Waals surface area contributed by atoms with Crippen LogP contribution in [0.5, 0.6) is 0 Å². The molecular weight excluding hydrogens is 214 g/mol. The molecule has 1 aliphatic rings. The molecule has 0 saturated carbocycles. The highest BCUT2D eigenvalue weighted by molar-refractivity contribution is 7.12. The predicted molar refractivity (Wildman–Crippen MR) is 72.3 cm³/mol. The van der Waals surface area contributed by atoms with Crippen molar-refractivity contribution in [2.24, 2.45) is 0 Å². The summed E-state index contributed by atoms with van der Waals surface area (Å²) in [5.74, 6) is 0. The molecule has 0 radical (unpaired) electrons. The molecule has 0 amide bonds. The largest absolute Gasteiger partial charge is 0.311 e. The molecule has 2 rings (SSSR count). The SMILES string of the molecule is CCc1ccc(CC2(C)CCCCCN2)s1. The molecular formula is C14H23NS. The monoisotopic (exact) mass is 237 g/mol. The Balaban J connectivity index is 2.00. The van der Waals surface area contributed by atoms with Crippen LogP contribution in [0.1, 0.15) is 49.3 Å². The minimum atomic E-state index is 0.340. The van der Waals surface area contributed by atoms with Crippen molar-refractivity contribution in [3.05, 3.63) is 21.9 Å². The highest BCUT2D eigenvalue weighted by atomic mass is 32.1. The van der Waals surface area contributed by atoms with E-state index in [9.17, 15) is 0 Å². The molecule has 1 saturated heterocycles. The molecule has 0 aliphatic carbocycles. The van der Waals surface area contributed by atoms with Crippen LogP contribution in [-0.4, -0.2) is 12.1 Å². The smallest absolute Gasteiger partial charge is 0.0201 e. The van der Waals surface area contributed by atoms with Crippen molar-refractivity contribution in [1.29, 1.82) is 0 Å². The first kappa shape index (κ1) is 12.1. The van der Waals surface area contributed by atoms with Crippen molar-refractivity contribution in [3.63, 3.8) is 0 Å². The van der Waals surface area contributed by atoms with Gasteiger partial charge in [0.1, 0.15) is 0 Å². The molecule has 1 aliphatic heterocycles. The predicted octanol–water partition coefficient (Wildman–Crippen LogP) is 3.78. The van der Waals surface area contributed by atoms with Crippen molar-refractivity contribution in [3.8, 4) is 0 Å². The third-order valence-electron chi connectivity index (χ3n) is 3.59. The maximum absolute atomic E-state index is 3.74. The summed E-state index contributed by atoms with van der Waals surface area (Å²) < 4.78 is 0. The molecule has 0 spiro atoms. The minimum Gasteiger partial charge on any atom is -0.311 e. The van der Waals surface area contributed by atoms with Crippen LogP contribution in [0.4, 0.5) is 0 Å². The molecule has 1 N–H and O–H groups in total. The summed E-state index contributed by atoms with van der Waals surface area (Å²) in [5, 5.41) is 3.74. The second-order valence-corrected chi connectivity index (χ2v) is 6.45. The van der Waals surface area contributed by atoms with Gasteiger partial charge in [-0.05, 0) is 51.3 Å². The van der Waals surface area contributed by atoms with Gasteiger partial charge < -0.3 is 5.32 Å². The molecule has 2 heteroatoms. The Morgan fingerprint density at radius 3 is 2.81 bits per heavy atom. The van der Waals surface area contributed by atoms with Gasteiger partial charge in [-0.3, -0.25) is 0 Å². The molecule has 1 atom stereocenters. The molecule has 1 aromatic heterocycles. The highest BCUT2D eigenvalue weighted by Gasteiger charge is 2.25. The fourth-order valence-electron chi connectivity index (χ4n) is 2.54. The van der Waals surface area contributed by atoms with Crippen molar-refractivity contribution in [2.75, 3.05) is 6.54 Å². The molecule has 1 nitrogen and oxygen atoms in total. The van der Waals surface area contributed by atoms with Crippen LogP contribution in [0.2, 0.25) is 0 Å². The zero-order valence-corrected chi connectivity index (χ0v) is 11.3. The van der Waals surface area contributed by atoms with E-state index in [0.29, 0.717) is 5.54 Å². The quantitative estimate of drug-likeness (QED) is 0.843. The van der Waals surface area contributed by atoms with Crippen molar-refractivity contribution in [2.45, 2.75) is 57.9 Å². The molecule has 0 bridgehead atoms. The first-order valence-electron chi connectivity index (χ1n) is 6.54. The highest BCUT2D eigenvalue weighted by Crippen LogP contribution is 2.27. The van der Waals surface area contributed by atoms with Crippen LogP contribution in [0, 0.1) is 0 Å². The number of aryl methyl sites for hydroxylation is 1. The molecule has 2 heterocycles. The lowest BCUT2D eigenvalue weighted by Crippen LogP contribution is -2.43. The summed E-state index contributed by atoms with van der Waals surface area (Å²) >= 11 is 1.99.